The highest BCUT2D eigenvalue weighted by Crippen LogP contribution is 2.28. The molecule has 26 heavy (non-hydrogen) atoms. The molecule has 0 saturated heterocycles. The zero-order valence-corrected chi connectivity index (χ0v) is 14.4. The van der Waals surface area contributed by atoms with Crippen LogP contribution < -0.4 is 10.1 Å². The van der Waals surface area contributed by atoms with Gasteiger partial charge in [-0.1, -0.05) is 54.6 Å². The summed E-state index contributed by atoms with van der Waals surface area (Å²) in [4.78, 5) is 16.8. The maximum absolute atomic E-state index is 12.3. The van der Waals surface area contributed by atoms with Crippen LogP contribution in [0.5, 0.6) is 5.75 Å². The number of fused-ring (bicyclic) bond motifs is 3. The molecule has 1 heterocycles. The van der Waals surface area contributed by atoms with Gasteiger partial charge in [-0.15, -0.1) is 0 Å². The number of hydrogen-bond donors (Lipinski definition) is 1. The van der Waals surface area contributed by atoms with Crippen LogP contribution in [0.3, 0.4) is 0 Å². The first kappa shape index (κ1) is 16.1. The Morgan fingerprint density at radius 1 is 0.962 bits per heavy atom. The second-order valence-electron chi connectivity index (χ2n) is 6.14. The maximum atomic E-state index is 12.3. The summed E-state index contributed by atoms with van der Waals surface area (Å²) in [5.41, 5.74) is 2.61. The van der Waals surface area contributed by atoms with E-state index in [4.69, 9.17) is 4.74 Å². The molecule has 4 aromatic rings. The summed E-state index contributed by atoms with van der Waals surface area (Å²) in [5.74, 6) is 0.516. The molecular formula is C22H18N2O2. The van der Waals surface area contributed by atoms with Crippen molar-refractivity contribution in [3.63, 3.8) is 0 Å². The minimum Gasteiger partial charge on any atom is -0.483 e. The first-order valence-electron chi connectivity index (χ1n) is 8.47. The summed E-state index contributed by atoms with van der Waals surface area (Å²) in [6.45, 7) is 1.91. The smallest absolute Gasteiger partial charge is 0.262 e. The lowest BCUT2D eigenvalue weighted by Gasteiger charge is -2.11. The van der Waals surface area contributed by atoms with Gasteiger partial charge in [0.2, 0.25) is 0 Å². The van der Waals surface area contributed by atoms with Gasteiger partial charge < -0.3 is 10.1 Å². The Kier molecular flexibility index (Phi) is 4.23. The van der Waals surface area contributed by atoms with Gasteiger partial charge in [0.15, 0.2) is 6.61 Å². The molecule has 4 nitrogen and oxygen atoms in total. The molecule has 0 unspecified atom stereocenters. The summed E-state index contributed by atoms with van der Waals surface area (Å²) < 4.78 is 5.63. The van der Waals surface area contributed by atoms with Crippen molar-refractivity contribution in [3.8, 4) is 5.75 Å². The number of pyridine rings is 1. The number of hydrogen-bond acceptors (Lipinski definition) is 3. The maximum Gasteiger partial charge on any atom is 0.262 e. The number of ether oxygens (including phenoxy) is 1. The van der Waals surface area contributed by atoms with Crippen molar-refractivity contribution >= 4 is 33.3 Å². The molecule has 0 spiro atoms. The van der Waals surface area contributed by atoms with Crippen LogP contribution >= 0.6 is 0 Å². The normalized spacial score (nSPS) is 10.8. The van der Waals surface area contributed by atoms with Gasteiger partial charge in [-0.2, -0.15) is 0 Å². The van der Waals surface area contributed by atoms with Crippen LogP contribution in [0.15, 0.2) is 72.9 Å². The number of carbonyl (C=O) groups excluding carboxylic acids is 1. The van der Waals surface area contributed by atoms with E-state index in [1.54, 1.807) is 6.20 Å². The lowest BCUT2D eigenvalue weighted by atomic mass is 10.1. The average Bonchev–Trinajstić information content (AvgIpc) is 2.67. The predicted octanol–water partition coefficient (Wildman–Crippen LogP) is 4.71. The van der Waals surface area contributed by atoms with E-state index in [0.717, 1.165) is 32.9 Å². The van der Waals surface area contributed by atoms with Crippen molar-refractivity contribution in [1.29, 1.82) is 0 Å². The fourth-order valence-electron chi connectivity index (χ4n) is 3.04. The third-order valence-corrected chi connectivity index (χ3v) is 4.36. The largest absolute Gasteiger partial charge is 0.483 e. The number of para-hydroxylation sites is 1. The van der Waals surface area contributed by atoms with E-state index >= 15 is 0 Å². The summed E-state index contributed by atoms with van der Waals surface area (Å²) in [6.07, 6.45) is 1.71. The van der Waals surface area contributed by atoms with Gasteiger partial charge >= 0.3 is 0 Å². The highest BCUT2D eigenvalue weighted by atomic mass is 16.5. The van der Waals surface area contributed by atoms with Crippen molar-refractivity contribution < 1.29 is 9.53 Å². The number of nitrogens with zero attached hydrogens (tertiary/aromatic N) is 1. The number of carbonyl (C=O) groups is 1. The monoisotopic (exact) mass is 342 g/mol. The topological polar surface area (TPSA) is 51.2 Å². The van der Waals surface area contributed by atoms with Gasteiger partial charge in [0.25, 0.3) is 5.91 Å². The van der Waals surface area contributed by atoms with Gasteiger partial charge in [-0.05, 0) is 30.0 Å². The van der Waals surface area contributed by atoms with Crippen molar-refractivity contribution in [2.45, 2.75) is 6.92 Å². The lowest BCUT2D eigenvalue weighted by Crippen LogP contribution is -2.20. The molecule has 1 amide bonds. The Morgan fingerprint density at radius 3 is 2.65 bits per heavy atom. The van der Waals surface area contributed by atoms with Crippen LogP contribution in [-0.4, -0.2) is 17.5 Å². The molecule has 0 aliphatic carbocycles. The van der Waals surface area contributed by atoms with Crippen LogP contribution in [0.1, 0.15) is 5.56 Å². The quantitative estimate of drug-likeness (QED) is 0.546. The number of aryl methyl sites for hydroxylation is 1. The molecule has 4 heteroatoms. The first-order chi connectivity index (χ1) is 12.7. The molecule has 0 bridgehead atoms. The fraction of sp³-hybridized carbons (Fsp3) is 0.0909. The summed E-state index contributed by atoms with van der Waals surface area (Å²) >= 11 is 0. The Bertz CT molecular complexity index is 1110. The fourth-order valence-corrected chi connectivity index (χ4v) is 3.04. The van der Waals surface area contributed by atoms with Gasteiger partial charge in [0.1, 0.15) is 5.75 Å². The predicted molar refractivity (Wildman–Crippen MR) is 105 cm³/mol. The molecule has 0 fully saturated rings. The second kappa shape index (κ2) is 6.84. The molecule has 0 saturated carbocycles. The standard InChI is InChI=1S/C22H18N2O2/c1-15-6-2-5-9-20(15)26-14-21(25)24-19-12-13-23-22-17-8-4-3-7-16(17)10-11-18(19)22/h2-13H,14H2,1H3,(H,23,24,25). The lowest BCUT2D eigenvalue weighted by molar-refractivity contribution is -0.118. The van der Waals surface area contributed by atoms with E-state index in [1.165, 1.54) is 0 Å². The molecule has 0 aliphatic rings. The molecule has 1 aromatic heterocycles. The Labute approximate surface area is 151 Å². The van der Waals surface area contributed by atoms with Crippen LogP contribution in [0.25, 0.3) is 21.7 Å². The van der Waals surface area contributed by atoms with Gasteiger partial charge in [-0.25, -0.2) is 0 Å². The minimum atomic E-state index is -0.200. The first-order valence-corrected chi connectivity index (χ1v) is 8.47. The Balaban J connectivity index is 1.58. The number of amides is 1. The van der Waals surface area contributed by atoms with E-state index < -0.39 is 0 Å². The third-order valence-electron chi connectivity index (χ3n) is 4.36. The number of nitrogens with one attached hydrogen (secondary N) is 1. The van der Waals surface area contributed by atoms with Crippen LogP contribution in [0.4, 0.5) is 5.69 Å². The Morgan fingerprint density at radius 2 is 1.77 bits per heavy atom. The zero-order chi connectivity index (χ0) is 17.9. The molecular weight excluding hydrogens is 324 g/mol. The number of aromatic nitrogens is 1. The van der Waals surface area contributed by atoms with Gasteiger partial charge in [0, 0.05) is 17.0 Å². The van der Waals surface area contributed by atoms with Crippen molar-refractivity contribution in [3.05, 3.63) is 78.5 Å². The van der Waals surface area contributed by atoms with Crippen molar-refractivity contribution in [2.75, 3.05) is 11.9 Å². The van der Waals surface area contributed by atoms with E-state index in [0.29, 0.717) is 5.75 Å². The van der Waals surface area contributed by atoms with E-state index in [-0.39, 0.29) is 12.5 Å². The molecule has 128 valence electrons. The van der Waals surface area contributed by atoms with E-state index in [9.17, 15) is 4.79 Å². The molecule has 0 radical (unpaired) electrons. The summed E-state index contributed by atoms with van der Waals surface area (Å²) in [6, 6.07) is 21.6. The third kappa shape index (κ3) is 3.09. The Hall–Kier alpha value is -3.40. The molecule has 1 N–H and O–H groups in total. The second-order valence-corrected chi connectivity index (χ2v) is 6.14. The van der Waals surface area contributed by atoms with Crippen LogP contribution in [-0.2, 0) is 4.79 Å². The average molecular weight is 342 g/mol. The van der Waals surface area contributed by atoms with Crippen LogP contribution in [0.2, 0.25) is 0 Å². The van der Waals surface area contributed by atoms with Crippen molar-refractivity contribution in [2.24, 2.45) is 0 Å². The highest BCUT2D eigenvalue weighted by molar-refractivity contribution is 6.11. The molecule has 0 aliphatic heterocycles. The zero-order valence-electron chi connectivity index (χ0n) is 14.4. The van der Waals surface area contributed by atoms with Gasteiger partial charge in [0.05, 0.1) is 11.2 Å². The van der Waals surface area contributed by atoms with Crippen molar-refractivity contribution in [1.82, 2.24) is 4.98 Å². The van der Waals surface area contributed by atoms with Gasteiger partial charge in [-0.3, -0.25) is 9.78 Å². The molecule has 0 atom stereocenters. The number of anilines is 1. The SMILES string of the molecule is Cc1ccccc1OCC(=O)Nc1ccnc2c1ccc1ccccc12. The minimum absolute atomic E-state index is 0.0394. The molecule has 4 rings (SSSR count). The number of rotatable bonds is 4. The summed E-state index contributed by atoms with van der Waals surface area (Å²) in [7, 11) is 0. The highest BCUT2D eigenvalue weighted by Gasteiger charge is 2.10. The van der Waals surface area contributed by atoms with E-state index in [1.807, 2.05) is 67.6 Å². The number of benzene rings is 3. The molecule has 3 aromatic carbocycles. The van der Waals surface area contributed by atoms with Crippen LogP contribution in [0, 0.1) is 6.92 Å². The summed E-state index contributed by atoms with van der Waals surface area (Å²) in [5, 5.41) is 6.04. The van der Waals surface area contributed by atoms with E-state index in [2.05, 4.69) is 16.4 Å².